The number of carbonyl (C=O) groups excluding carboxylic acids is 1. The first kappa shape index (κ1) is 10.3. The van der Waals surface area contributed by atoms with Crippen molar-refractivity contribution < 1.29 is 4.79 Å². The summed E-state index contributed by atoms with van der Waals surface area (Å²) in [4.78, 5) is 13.5. The standard InChI is InChI=1S/C11H19NO/c1-4-9-5-6-11(13)10(7-9)8-12(2)3/h8-9H,4-7H2,1-3H3. The van der Waals surface area contributed by atoms with Crippen molar-refractivity contribution in [2.45, 2.75) is 32.6 Å². The maximum atomic E-state index is 11.5. The average Bonchev–Trinajstić information content (AvgIpc) is 2.08. The van der Waals surface area contributed by atoms with Gasteiger partial charge in [-0.3, -0.25) is 4.79 Å². The minimum atomic E-state index is 0.346. The summed E-state index contributed by atoms with van der Waals surface area (Å²) >= 11 is 0. The lowest BCUT2D eigenvalue weighted by atomic mass is 9.83. The molecule has 0 heterocycles. The molecule has 0 aromatic rings. The molecule has 1 saturated carbocycles. The molecule has 2 nitrogen and oxygen atoms in total. The number of allylic oxidation sites excluding steroid dienone is 1. The Morgan fingerprint density at radius 3 is 2.77 bits per heavy atom. The lowest BCUT2D eigenvalue weighted by Crippen LogP contribution is -2.18. The van der Waals surface area contributed by atoms with Gasteiger partial charge >= 0.3 is 0 Å². The average molecular weight is 181 g/mol. The summed E-state index contributed by atoms with van der Waals surface area (Å²) < 4.78 is 0. The van der Waals surface area contributed by atoms with E-state index < -0.39 is 0 Å². The van der Waals surface area contributed by atoms with Crippen LogP contribution in [-0.2, 0) is 4.79 Å². The van der Waals surface area contributed by atoms with E-state index in [-0.39, 0.29) is 0 Å². The topological polar surface area (TPSA) is 20.3 Å². The van der Waals surface area contributed by atoms with Gasteiger partial charge in [0.25, 0.3) is 0 Å². The van der Waals surface area contributed by atoms with E-state index in [0.717, 1.165) is 30.8 Å². The van der Waals surface area contributed by atoms with Crippen molar-refractivity contribution in [3.8, 4) is 0 Å². The van der Waals surface area contributed by atoms with Crippen molar-refractivity contribution in [2.75, 3.05) is 14.1 Å². The van der Waals surface area contributed by atoms with Gasteiger partial charge in [0.05, 0.1) is 0 Å². The molecule has 0 saturated heterocycles. The summed E-state index contributed by atoms with van der Waals surface area (Å²) in [6.45, 7) is 2.20. The third-order valence-corrected chi connectivity index (χ3v) is 2.64. The molecule has 1 fully saturated rings. The predicted molar refractivity (Wildman–Crippen MR) is 54.4 cm³/mol. The Labute approximate surface area is 80.6 Å². The summed E-state index contributed by atoms with van der Waals surface area (Å²) in [5, 5.41) is 0. The second kappa shape index (κ2) is 4.45. The van der Waals surface area contributed by atoms with Crippen LogP contribution >= 0.6 is 0 Å². The SMILES string of the molecule is CCC1CCC(=O)C(=CN(C)C)C1. The highest BCUT2D eigenvalue weighted by Gasteiger charge is 2.21. The molecule has 74 valence electrons. The number of rotatable bonds is 2. The Morgan fingerprint density at radius 2 is 2.23 bits per heavy atom. The quantitative estimate of drug-likeness (QED) is 0.609. The maximum Gasteiger partial charge on any atom is 0.160 e. The number of nitrogens with zero attached hydrogens (tertiary/aromatic N) is 1. The zero-order valence-corrected chi connectivity index (χ0v) is 8.84. The van der Waals surface area contributed by atoms with Gasteiger partial charge < -0.3 is 4.90 Å². The van der Waals surface area contributed by atoms with Gasteiger partial charge in [-0.15, -0.1) is 0 Å². The van der Waals surface area contributed by atoms with Crippen LogP contribution in [0.25, 0.3) is 0 Å². The molecule has 13 heavy (non-hydrogen) atoms. The van der Waals surface area contributed by atoms with Crippen molar-refractivity contribution in [3.63, 3.8) is 0 Å². The predicted octanol–water partition coefficient (Wildman–Crippen LogP) is 2.21. The highest BCUT2D eigenvalue weighted by atomic mass is 16.1. The summed E-state index contributed by atoms with van der Waals surface area (Å²) in [6.07, 6.45) is 5.98. The van der Waals surface area contributed by atoms with Crippen LogP contribution in [-0.4, -0.2) is 24.8 Å². The molecule has 1 rings (SSSR count). The third kappa shape index (κ3) is 2.87. The Balaban J connectivity index is 2.65. The van der Waals surface area contributed by atoms with Crippen LogP contribution in [0, 0.1) is 5.92 Å². The number of ketones is 1. The number of hydrogen-bond acceptors (Lipinski definition) is 2. The van der Waals surface area contributed by atoms with E-state index in [1.165, 1.54) is 6.42 Å². The van der Waals surface area contributed by atoms with Crippen LogP contribution in [0.1, 0.15) is 32.6 Å². The van der Waals surface area contributed by atoms with Crippen LogP contribution in [0.3, 0.4) is 0 Å². The molecular weight excluding hydrogens is 162 g/mol. The molecule has 0 aromatic heterocycles. The second-order valence-corrected chi connectivity index (χ2v) is 4.06. The smallest absolute Gasteiger partial charge is 0.160 e. The van der Waals surface area contributed by atoms with Gasteiger partial charge in [0.2, 0.25) is 0 Å². The molecule has 0 radical (unpaired) electrons. The Kier molecular flexibility index (Phi) is 3.52. The molecule has 1 unspecified atom stereocenters. The van der Waals surface area contributed by atoms with Gasteiger partial charge in [-0.25, -0.2) is 0 Å². The highest BCUT2D eigenvalue weighted by molar-refractivity contribution is 5.95. The molecule has 0 aromatic carbocycles. The van der Waals surface area contributed by atoms with Crippen molar-refractivity contribution in [3.05, 3.63) is 11.8 Å². The van der Waals surface area contributed by atoms with E-state index in [0.29, 0.717) is 5.78 Å². The first-order chi connectivity index (χ1) is 6.13. The largest absolute Gasteiger partial charge is 0.383 e. The van der Waals surface area contributed by atoms with Crippen molar-refractivity contribution >= 4 is 5.78 Å². The van der Waals surface area contributed by atoms with Crippen molar-refractivity contribution in [1.29, 1.82) is 0 Å². The molecule has 0 spiro atoms. The lowest BCUT2D eigenvalue weighted by molar-refractivity contribution is -0.117. The van der Waals surface area contributed by atoms with E-state index in [9.17, 15) is 4.79 Å². The zero-order chi connectivity index (χ0) is 9.84. The maximum absolute atomic E-state index is 11.5. The van der Waals surface area contributed by atoms with Crippen LogP contribution in [0.5, 0.6) is 0 Å². The first-order valence-electron chi connectivity index (χ1n) is 5.03. The van der Waals surface area contributed by atoms with Gasteiger partial charge in [-0.05, 0) is 18.8 Å². The minimum absolute atomic E-state index is 0.346. The number of hydrogen-bond donors (Lipinski definition) is 0. The fourth-order valence-corrected chi connectivity index (χ4v) is 1.81. The fourth-order valence-electron chi connectivity index (χ4n) is 1.81. The molecule has 1 aliphatic carbocycles. The van der Waals surface area contributed by atoms with Gasteiger partial charge in [0.1, 0.15) is 0 Å². The van der Waals surface area contributed by atoms with Gasteiger partial charge in [0, 0.05) is 32.3 Å². The normalized spacial score (nSPS) is 26.5. The van der Waals surface area contributed by atoms with Gasteiger partial charge in [-0.1, -0.05) is 13.3 Å². The second-order valence-electron chi connectivity index (χ2n) is 4.06. The van der Waals surface area contributed by atoms with E-state index in [4.69, 9.17) is 0 Å². The van der Waals surface area contributed by atoms with E-state index in [1.54, 1.807) is 0 Å². The molecule has 1 atom stereocenters. The number of Topliss-reactive ketones (excluding diaryl/α,β-unsaturated/α-hetero) is 1. The summed E-state index contributed by atoms with van der Waals surface area (Å²) in [5.41, 5.74) is 1.02. The summed E-state index contributed by atoms with van der Waals surface area (Å²) in [6, 6.07) is 0. The zero-order valence-electron chi connectivity index (χ0n) is 8.84. The Bertz CT molecular complexity index is 218. The summed E-state index contributed by atoms with van der Waals surface area (Å²) in [7, 11) is 3.94. The minimum Gasteiger partial charge on any atom is -0.383 e. The molecular formula is C11H19NO. The van der Waals surface area contributed by atoms with Gasteiger partial charge in [0.15, 0.2) is 5.78 Å². The first-order valence-corrected chi connectivity index (χ1v) is 5.03. The lowest BCUT2D eigenvalue weighted by Gasteiger charge is -2.22. The van der Waals surface area contributed by atoms with Crippen LogP contribution in [0.2, 0.25) is 0 Å². The molecule has 1 aliphatic rings. The highest BCUT2D eigenvalue weighted by Crippen LogP contribution is 2.27. The Hall–Kier alpha value is -0.790. The fraction of sp³-hybridized carbons (Fsp3) is 0.727. The van der Waals surface area contributed by atoms with E-state index in [2.05, 4.69) is 6.92 Å². The monoisotopic (exact) mass is 181 g/mol. The van der Waals surface area contributed by atoms with E-state index in [1.807, 2.05) is 25.2 Å². The summed E-state index contributed by atoms with van der Waals surface area (Å²) in [5.74, 6) is 1.07. The number of carbonyl (C=O) groups is 1. The molecule has 0 N–H and O–H groups in total. The molecule has 0 amide bonds. The molecule has 0 bridgehead atoms. The van der Waals surface area contributed by atoms with Gasteiger partial charge in [-0.2, -0.15) is 0 Å². The van der Waals surface area contributed by atoms with Crippen molar-refractivity contribution in [2.24, 2.45) is 5.92 Å². The molecule has 2 heteroatoms. The molecule has 0 aliphatic heterocycles. The van der Waals surface area contributed by atoms with E-state index >= 15 is 0 Å². The van der Waals surface area contributed by atoms with Crippen LogP contribution < -0.4 is 0 Å². The third-order valence-electron chi connectivity index (χ3n) is 2.64. The van der Waals surface area contributed by atoms with Crippen LogP contribution in [0.4, 0.5) is 0 Å². The van der Waals surface area contributed by atoms with Crippen LogP contribution in [0.15, 0.2) is 11.8 Å². The Morgan fingerprint density at radius 1 is 1.54 bits per heavy atom. The van der Waals surface area contributed by atoms with Crippen molar-refractivity contribution in [1.82, 2.24) is 4.90 Å².